The third-order valence-corrected chi connectivity index (χ3v) is 7.46. The second-order valence-corrected chi connectivity index (χ2v) is 10.2. The summed E-state index contributed by atoms with van der Waals surface area (Å²) in [4.78, 5) is 24.4. The minimum Gasteiger partial charge on any atom is -0.352 e. The van der Waals surface area contributed by atoms with Crippen molar-refractivity contribution in [2.24, 2.45) is 0 Å². The van der Waals surface area contributed by atoms with Crippen LogP contribution in [0.1, 0.15) is 52.3 Å². The normalized spacial score (nSPS) is 16.9. The maximum Gasteiger partial charge on any atom is 0.226 e. The van der Waals surface area contributed by atoms with E-state index in [1.54, 1.807) is 12.4 Å². The quantitative estimate of drug-likeness (QED) is 0.311. The average molecular weight is 525 g/mol. The van der Waals surface area contributed by atoms with Gasteiger partial charge in [-0.05, 0) is 93.0 Å². The van der Waals surface area contributed by atoms with E-state index in [1.807, 2.05) is 68.4 Å². The first kappa shape index (κ1) is 25.6. The molecule has 0 spiro atoms. The molecule has 4 aromatic rings. The number of nitrogens with one attached hydrogen (secondary N) is 2. The molecule has 38 heavy (non-hydrogen) atoms. The van der Waals surface area contributed by atoms with Gasteiger partial charge in [0.2, 0.25) is 5.91 Å². The van der Waals surface area contributed by atoms with Gasteiger partial charge in [-0.25, -0.2) is 4.98 Å². The summed E-state index contributed by atoms with van der Waals surface area (Å²) in [5.74, 6) is 0.830. The fourth-order valence-corrected chi connectivity index (χ4v) is 5.55. The summed E-state index contributed by atoms with van der Waals surface area (Å²) in [5, 5.41) is 7.19. The molecule has 3 aromatic heterocycles. The number of nitrogens with zero attached hydrogens (tertiary/aromatic N) is 4. The van der Waals surface area contributed by atoms with Crippen LogP contribution in [0.15, 0.2) is 73.1 Å². The Kier molecular flexibility index (Phi) is 7.24. The van der Waals surface area contributed by atoms with E-state index in [1.165, 1.54) is 0 Å². The van der Waals surface area contributed by atoms with Gasteiger partial charge in [-0.3, -0.25) is 9.78 Å². The summed E-state index contributed by atoms with van der Waals surface area (Å²) in [6.07, 6.45) is 3.91. The zero-order valence-electron chi connectivity index (χ0n) is 22.1. The van der Waals surface area contributed by atoms with Crippen molar-refractivity contribution in [2.75, 3.05) is 11.9 Å². The van der Waals surface area contributed by atoms with Crippen molar-refractivity contribution >= 4 is 28.9 Å². The van der Waals surface area contributed by atoms with E-state index >= 15 is 0 Å². The second-order valence-electron chi connectivity index (χ2n) is 9.79. The molecule has 1 aliphatic rings. The molecule has 1 saturated heterocycles. The number of thiocarbonyl (C=S) groups is 1. The van der Waals surface area contributed by atoms with Gasteiger partial charge in [0.05, 0.1) is 17.8 Å². The van der Waals surface area contributed by atoms with Crippen molar-refractivity contribution in [1.29, 1.82) is 0 Å². The Balaban J connectivity index is 1.46. The number of aromatic nitrogens is 3. The van der Waals surface area contributed by atoms with E-state index < -0.39 is 0 Å². The number of anilines is 1. The summed E-state index contributed by atoms with van der Waals surface area (Å²) in [6, 6.07) is 19.8. The van der Waals surface area contributed by atoms with E-state index in [-0.39, 0.29) is 18.0 Å². The van der Waals surface area contributed by atoms with Crippen molar-refractivity contribution in [3.63, 3.8) is 0 Å². The summed E-state index contributed by atoms with van der Waals surface area (Å²) < 4.78 is 2.16. The van der Waals surface area contributed by atoms with Gasteiger partial charge in [-0.15, -0.1) is 0 Å². The minimum atomic E-state index is -0.150. The highest BCUT2D eigenvalue weighted by atomic mass is 32.1. The third-order valence-electron chi connectivity index (χ3n) is 7.11. The topological polar surface area (TPSA) is 75.1 Å². The second kappa shape index (κ2) is 10.8. The van der Waals surface area contributed by atoms with Gasteiger partial charge in [0.15, 0.2) is 5.11 Å². The minimum absolute atomic E-state index is 0.0412. The first-order valence-corrected chi connectivity index (χ1v) is 13.2. The van der Waals surface area contributed by atoms with Crippen molar-refractivity contribution in [3.8, 4) is 5.82 Å². The molecule has 8 heteroatoms. The molecule has 2 N–H and O–H groups in total. The lowest BCUT2D eigenvalue weighted by atomic mass is 9.96. The molecule has 4 heterocycles. The van der Waals surface area contributed by atoms with Crippen LogP contribution in [0.4, 0.5) is 5.69 Å². The van der Waals surface area contributed by atoms with Crippen LogP contribution in [0.25, 0.3) is 5.82 Å². The Labute approximate surface area is 228 Å². The predicted molar refractivity (Wildman–Crippen MR) is 154 cm³/mol. The van der Waals surface area contributed by atoms with Crippen LogP contribution in [0.3, 0.4) is 0 Å². The molecule has 0 saturated carbocycles. The van der Waals surface area contributed by atoms with Crippen LogP contribution in [0.5, 0.6) is 0 Å². The molecule has 194 valence electrons. The monoisotopic (exact) mass is 524 g/mol. The van der Waals surface area contributed by atoms with Gasteiger partial charge in [-0.1, -0.05) is 24.3 Å². The van der Waals surface area contributed by atoms with Gasteiger partial charge in [-0.2, -0.15) is 0 Å². The number of carbonyl (C=O) groups excluding carboxylic acids is 1. The largest absolute Gasteiger partial charge is 0.352 e. The van der Waals surface area contributed by atoms with Crippen LogP contribution in [-0.4, -0.2) is 37.0 Å². The van der Waals surface area contributed by atoms with Crippen molar-refractivity contribution in [1.82, 2.24) is 24.8 Å². The molecule has 1 aliphatic heterocycles. The highest BCUT2D eigenvalue weighted by Gasteiger charge is 2.41. The molecule has 7 nitrogen and oxygen atoms in total. The fraction of sp³-hybridized carbons (Fsp3) is 0.267. The van der Waals surface area contributed by atoms with Crippen LogP contribution >= 0.6 is 12.2 Å². The standard InChI is InChI=1S/C30H32N6OS/c1-19-11-12-20(2)25(17-19)33-27(37)13-16-35-29(28(34-30(35)38)24-9-5-7-14-31-24)23-18-21(3)36(22(23)4)26-10-6-8-15-32-26/h5-12,14-15,17-18,28-29H,13,16H2,1-4H3,(H,33,37)(H,34,38)/t28-,29+/m0/s1. The lowest BCUT2D eigenvalue weighted by Gasteiger charge is -2.28. The molecule has 0 unspecified atom stereocenters. The average Bonchev–Trinajstić information content (AvgIpc) is 3.40. The number of rotatable bonds is 7. The lowest BCUT2D eigenvalue weighted by molar-refractivity contribution is -0.116. The molecule has 1 fully saturated rings. The molecular formula is C30H32N6OS. The third kappa shape index (κ3) is 5.04. The summed E-state index contributed by atoms with van der Waals surface area (Å²) in [7, 11) is 0. The summed E-state index contributed by atoms with van der Waals surface area (Å²) in [6.45, 7) is 8.69. The SMILES string of the molecule is Cc1ccc(C)c(NC(=O)CCN2C(=S)N[C@@H](c3ccccn3)[C@H]2c2cc(C)n(-c3ccccn3)c2C)c1. The Morgan fingerprint density at radius 1 is 1.00 bits per heavy atom. The highest BCUT2D eigenvalue weighted by Crippen LogP contribution is 2.41. The number of aryl methyl sites for hydroxylation is 3. The molecule has 1 aromatic carbocycles. The zero-order chi connectivity index (χ0) is 26.8. The van der Waals surface area contributed by atoms with Crippen LogP contribution < -0.4 is 10.6 Å². The molecule has 0 radical (unpaired) electrons. The van der Waals surface area contributed by atoms with Crippen LogP contribution in [-0.2, 0) is 4.79 Å². The molecule has 2 atom stereocenters. The first-order valence-electron chi connectivity index (χ1n) is 12.8. The van der Waals surface area contributed by atoms with Crippen molar-refractivity contribution in [3.05, 3.63) is 107 Å². The smallest absolute Gasteiger partial charge is 0.226 e. The number of pyridine rings is 2. The van der Waals surface area contributed by atoms with E-state index in [2.05, 4.69) is 50.0 Å². The molecule has 0 bridgehead atoms. The van der Waals surface area contributed by atoms with E-state index in [9.17, 15) is 4.79 Å². The lowest BCUT2D eigenvalue weighted by Crippen LogP contribution is -2.33. The number of hydrogen-bond acceptors (Lipinski definition) is 4. The molecule has 5 rings (SSSR count). The van der Waals surface area contributed by atoms with Crippen molar-refractivity contribution in [2.45, 2.75) is 46.2 Å². The van der Waals surface area contributed by atoms with Crippen LogP contribution in [0.2, 0.25) is 0 Å². The Hall–Kier alpha value is -4.04. The summed E-state index contributed by atoms with van der Waals surface area (Å²) >= 11 is 5.83. The van der Waals surface area contributed by atoms with Gasteiger partial charge >= 0.3 is 0 Å². The van der Waals surface area contributed by atoms with E-state index in [0.29, 0.717) is 18.1 Å². The molecule has 1 amide bonds. The Morgan fingerprint density at radius 3 is 2.47 bits per heavy atom. The number of carbonyl (C=O) groups is 1. The van der Waals surface area contributed by atoms with Gasteiger partial charge in [0.25, 0.3) is 0 Å². The maximum absolute atomic E-state index is 13.0. The number of hydrogen-bond donors (Lipinski definition) is 2. The Morgan fingerprint density at radius 2 is 1.76 bits per heavy atom. The first-order chi connectivity index (χ1) is 18.3. The summed E-state index contributed by atoms with van der Waals surface area (Å²) in [5.41, 5.74) is 7.20. The van der Waals surface area contributed by atoms with Crippen LogP contribution in [0, 0.1) is 27.7 Å². The van der Waals surface area contributed by atoms with Crippen molar-refractivity contribution < 1.29 is 4.79 Å². The van der Waals surface area contributed by atoms with E-state index in [4.69, 9.17) is 12.2 Å². The fourth-order valence-electron chi connectivity index (χ4n) is 5.22. The highest BCUT2D eigenvalue weighted by molar-refractivity contribution is 7.80. The Bertz CT molecular complexity index is 1470. The van der Waals surface area contributed by atoms with Gasteiger partial charge in [0, 0.05) is 42.4 Å². The molecule has 0 aliphatic carbocycles. The van der Waals surface area contributed by atoms with E-state index in [0.717, 1.165) is 45.3 Å². The molecular weight excluding hydrogens is 492 g/mol. The predicted octanol–water partition coefficient (Wildman–Crippen LogP) is 5.50. The maximum atomic E-state index is 13.0. The van der Waals surface area contributed by atoms with Gasteiger partial charge < -0.3 is 20.1 Å². The van der Waals surface area contributed by atoms with Gasteiger partial charge in [0.1, 0.15) is 5.82 Å². The number of amides is 1. The zero-order valence-corrected chi connectivity index (χ0v) is 22.9. The number of benzene rings is 1.